The Morgan fingerprint density at radius 3 is 2.00 bits per heavy atom. The Kier molecular flexibility index (Phi) is 3.51. The molecule has 0 saturated heterocycles. The molecule has 1 heterocycles. The molecule has 1 heteroatoms. The Labute approximate surface area is 197 Å². The molecule has 6 aromatic carbocycles. The zero-order valence-corrected chi connectivity index (χ0v) is 18.6. The topological polar surface area (TPSA) is 4.93 Å². The van der Waals surface area contributed by atoms with Gasteiger partial charge >= 0.3 is 0 Å². The number of aromatic nitrogens is 1. The summed E-state index contributed by atoms with van der Waals surface area (Å²) < 4.78 is 2.47. The molecule has 1 aliphatic rings. The number of benzene rings is 6. The zero-order chi connectivity index (χ0) is 22.2. The molecule has 0 atom stereocenters. The van der Waals surface area contributed by atoms with Crippen LogP contribution in [0.15, 0.2) is 115 Å². The Hall–Kier alpha value is -4.36. The number of hydrogen-bond acceptors (Lipinski definition) is 0. The van der Waals surface area contributed by atoms with E-state index in [-0.39, 0.29) is 0 Å². The summed E-state index contributed by atoms with van der Waals surface area (Å²) in [5, 5.41) is 7.85. The molecular weight excluding hydrogens is 410 g/mol. The summed E-state index contributed by atoms with van der Waals surface area (Å²) in [4.78, 5) is 0. The first-order chi connectivity index (χ1) is 16.8. The van der Waals surface area contributed by atoms with Gasteiger partial charge in [-0.15, -0.1) is 0 Å². The summed E-state index contributed by atoms with van der Waals surface area (Å²) >= 11 is 0. The van der Waals surface area contributed by atoms with Crippen LogP contribution in [0.3, 0.4) is 0 Å². The van der Waals surface area contributed by atoms with Crippen molar-refractivity contribution in [2.45, 2.75) is 6.42 Å². The average Bonchev–Trinajstić information content (AvgIpc) is 3.41. The normalized spacial score (nSPS) is 12.6. The lowest BCUT2D eigenvalue weighted by atomic mass is 9.99. The smallest absolute Gasteiger partial charge is 0.0619 e. The summed E-state index contributed by atoms with van der Waals surface area (Å²) in [6, 6.07) is 42.5. The fourth-order valence-corrected chi connectivity index (χ4v) is 6.00. The van der Waals surface area contributed by atoms with Crippen LogP contribution >= 0.6 is 0 Å². The predicted molar refractivity (Wildman–Crippen MR) is 144 cm³/mol. The monoisotopic (exact) mass is 431 g/mol. The molecule has 0 amide bonds. The van der Waals surface area contributed by atoms with Crippen molar-refractivity contribution in [3.8, 4) is 16.8 Å². The van der Waals surface area contributed by atoms with E-state index in [1.807, 2.05) is 0 Å². The van der Waals surface area contributed by atoms with Gasteiger partial charge in [0, 0.05) is 21.8 Å². The number of nitrogens with zero attached hydrogens (tertiary/aromatic N) is 1. The molecular formula is C33H21N. The van der Waals surface area contributed by atoms with Crippen molar-refractivity contribution in [1.82, 2.24) is 4.57 Å². The molecule has 8 rings (SSSR count). The van der Waals surface area contributed by atoms with Crippen molar-refractivity contribution in [3.05, 3.63) is 126 Å². The van der Waals surface area contributed by atoms with Gasteiger partial charge in [0.25, 0.3) is 0 Å². The highest BCUT2D eigenvalue weighted by Crippen LogP contribution is 2.44. The fraction of sp³-hybridized carbons (Fsp3) is 0.0303. The SMILES string of the molecule is c1ccc(-n2c3cc4c(cc3c3ccc5ccccc5c32)-c2cc3ccccc3cc2C4)cc1. The Morgan fingerprint density at radius 2 is 1.15 bits per heavy atom. The maximum Gasteiger partial charge on any atom is 0.0619 e. The van der Waals surface area contributed by atoms with Gasteiger partial charge in [-0.05, 0) is 75.2 Å². The van der Waals surface area contributed by atoms with Gasteiger partial charge in [-0.1, -0.05) is 84.9 Å². The quantitative estimate of drug-likeness (QED) is 0.245. The molecule has 0 aliphatic heterocycles. The van der Waals surface area contributed by atoms with Gasteiger partial charge < -0.3 is 4.57 Å². The summed E-state index contributed by atoms with van der Waals surface area (Å²) in [6.45, 7) is 0. The van der Waals surface area contributed by atoms with Crippen LogP contribution in [-0.2, 0) is 6.42 Å². The number of hydrogen-bond donors (Lipinski definition) is 0. The summed E-state index contributed by atoms with van der Waals surface area (Å²) in [7, 11) is 0. The van der Waals surface area contributed by atoms with E-state index in [0.29, 0.717) is 0 Å². The largest absolute Gasteiger partial charge is 0.309 e. The maximum atomic E-state index is 2.47. The highest BCUT2D eigenvalue weighted by Gasteiger charge is 2.23. The standard InChI is InChI=1S/C33H21N/c1-2-11-26(12-3-1)34-32-19-25-17-24-16-22-9-4-5-10-23(22)18-29(24)30(25)20-31(32)28-15-14-21-8-6-7-13-27(21)33(28)34/h1-16,18-20H,17H2. The lowest BCUT2D eigenvalue weighted by Gasteiger charge is -2.10. The van der Waals surface area contributed by atoms with Gasteiger partial charge in [-0.3, -0.25) is 0 Å². The highest BCUT2D eigenvalue weighted by molar-refractivity contribution is 6.19. The molecule has 0 unspecified atom stereocenters. The third-order valence-electron chi connectivity index (χ3n) is 7.53. The molecule has 0 N–H and O–H groups in total. The molecule has 0 bridgehead atoms. The van der Waals surface area contributed by atoms with Crippen molar-refractivity contribution in [2.24, 2.45) is 0 Å². The van der Waals surface area contributed by atoms with Crippen LogP contribution in [0.25, 0.3) is 60.2 Å². The van der Waals surface area contributed by atoms with E-state index in [1.54, 1.807) is 0 Å². The van der Waals surface area contributed by atoms with E-state index in [1.165, 1.54) is 71.3 Å². The lowest BCUT2D eigenvalue weighted by Crippen LogP contribution is -1.94. The van der Waals surface area contributed by atoms with Crippen molar-refractivity contribution in [1.29, 1.82) is 0 Å². The fourth-order valence-electron chi connectivity index (χ4n) is 6.00. The van der Waals surface area contributed by atoms with Gasteiger partial charge in [-0.25, -0.2) is 0 Å². The first kappa shape index (κ1) is 18.1. The molecule has 1 aromatic heterocycles. The van der Waals surface area contributed by atoms with E-state index in [4.69, 9.17) is 0 Å². The molecule has 0 saturated carbocycles. The van der Waals surface area contributed by atoms with E-state index in [9.17, 15) is 0 Å². The second-order valence-electron chi connectivity index (χ2n) is 9.41. The van der Waals surface area contributed by atoms with Crippen LogP contribution in [-0.4, -0.2) is 4.57 Å². The number of fused-ring (bicyclic) bond motifs is 9. The van der Waals surface area contributed by atoms with Crippen LogP contribution in [0.4, 0.5) is 0 Å². The van der Waals surface area contributed by atoms with Gasteiger partial charge in [0.2, 0.25) is 0 Å². The van der Waals surface area contributed by atoms with Crippen LogP contribution in [0.1, 0.15) is 11.1 Å². The highest BCUT2D eigenvalue weighted by atomic mass is 15.0. The first-order valence-corrected chi connectivity index (χ1v) is 11.9. The molecule has 0 spiro atoms. The van der Waals surface area contributed by atoms with Crippen LogP contribution in [0.5, 0.6) is 0 Å². The second-order valence-corrected chi connectivity index (χ2v) is 9.41. The minimum atomic E-state index is 0.989. The molecule has 7 aromatic rings. The van der Waals surface area contributed by atoms with Gasteiger partial charge in [-0.2, -0.15) is 0 Å². The van der Waals surface area contributed by atoms with Crippen molar-refractivity contribution < 1.29 is 0 Å². The lowest BCUT2D eigenvalue weighted by molar-refractivity contribution is 1.18. The minimum absolute atomic E-state index is 0.989. The summed E-state index contributed by atoms with van der Waals surface area (Å²) in [5.41, 5.74) is 9.41. The van der Waals surface area contributed by atoms with Crippen LogP contribution in [0.2, 0.25) is 0 Å². The summed E-state index contributed by atoms with van der Waals surface area (Å²) in [5.74, 6) is 0. The molecule has 0 fully saturated rings. The molecule has 158 valence electrons. The van der Waals surface area contributed by atoms with Crippen LogP contribution < -0.4 is 0 Å². The molecule has 34 heavy (non-hydrogen) atoms. The van der Waals surface area contributed by atoms with Gasteiger partial charge in [0.15, 0.2) is 0 Å². The Morgan fingerprint density at radius 1 is 0.471 bits per heavy atom. The van der Waals surface area contributed by atoms with Crippen molar-refractivity contribution in [3.63, 3.8) is 0 Å². The maximum absolute atomic E-state index is 2.47. The van der Waals surface area contributed by atoms with E-state index in [2.05, 4.69) is 120 Å². The average molecular weight is 432 g/mol. The molecule has 1 nitrogen and oxygen atoms in total. The second kappa shape index (κ2) is 6.59. The first-order valence-electron chi connectivity index (χ1n) is 11.9. The number of rotatable bonds is 1. The predicted octanol–water partition coefficient (Wildman–Crippen LogP) is 8.66. The molecule has 0 radical (unpaired) electrons. The van der Waals surface area contributed by atoms with E-state index in [0.717, 1.165) is 6.42 Å². The third-order valence-corrected chi connectivity index (χ3v) is 7.53. The van der Waals surface area contributed by atoms with Crippen LogP contribution in [0, 0.1) is 0 Å². The third kappa shape index (κ3) is 2.39. The van der Waals surface area contributed by atoms with Crippen molar-refractivity contribution in [2.75, 3.05) is 0 Å². The minimum Gasteiger partial charge on any atom is -0.309 e. The van der Waals surface area contributed by atoms with E-state index < -0.39 is 0 Å². The Balaban J connectivity index is 1.51. The number of para-hydroxylation sites is 1. The van der Waals surface area contributed by atoms with Gasteiger partial charge in [0.05, 0.1) is 11.0 Å². The Bertz CT molecular complexity index is 1920. The van der Waals surface area contributed by atoms with E-state index >= 15 is 0 Å². The van der Waals surface area contributed by atoms with Crippen molar-refractivity contribution >= 4 is 43.4 Å². The summed E-state index contributed by atoms with van der Waals surface area (Å²) in [6.07, 6.45) is 0.989. The zero-order valence-electron chi connectivity index (χ0n) is 18.6. The molecule has 1 aliphatic carbocycles. The van der Waals surface area contributed by atoms with Gasteiger partial charge in [0.1, 0.15) is 0 Å².